The number of anilines is 1. The van der Waals surface area contributed by atoms with Crippen molar-refractivity contribution in [2.24, 2.45) is 0 Å². The highest BCUT2D eigenvalue weighted by Gasteiger charge is 2.15. The number of pyridine rings is 1. The number of hydrogen-bond donors (Lipinski definition) is 1. The number of aromatic nitrogens is 1. The summed E-state index contributed by atoms with van der Waals surface area (Å²) in [7, 11) is 1.79. The van der Waals surface area contributed by atoms with E-state index in [9.17, 15) is 4.79 Å². The van der Waals surface area contributed by atoms with Gasteiger partial charge in [-0.1, -0.05) is 0 Å². The molecule has 1 rings (SSSR count). The number of carbonyl (C=O) groups is 1. The molecule has 0 atom stereocenters. The Hall–Kier alpha value is -1.58. The lowest BCUT2D eigenvalue weighted by Gasteiger charge is -2.21. The van der Waals surface area contributed by atoms with Crippen LogP contribution in [0.15, 0.2) is 18.3 Å². The monoisotopic (exact) mass is 235 g/mol. The normalized spacial score (nSPS) is 10.8. The summed E-state index contributed by atoms with van der Waals surface area (Å²) in [5.41, 5.74) is 1.42. The van der Waals surface area contributed by atoms with Crippen molar-refractivity contribution < 1.29 is 4.79 Å². The molecule has 1 aromatic rings. The zero-order valence-electron chi connectivity index (χ0n) is 11.2. The molecule has 1 amide bonds. The van der Waals surface area contributed by atoms with Gasteiger partial charge in [0.15, 0.2) is 0 Å². The molecule has 1 N–H and O–H groups in total. The van der Waals surface area contributed by atoms with Crippen LogP contribution in [0.1, 0.15) is 38.2 Å². The van der Waals surface area contributed by atoms with E-state index in [4.69, 9.17) is 0 Å². The standard InChI is InChI=1S/C13H21N3O/c1-9(2)15-11-6-7-12(14-8-11)13(17)16(5)10(3)4/h6-10,15H,1-5H3. The second-order valence-corrected chi connectivity index (χ2v) is 4.74. The Bertz CT molecular complexity index is 371. The number of rotatable bonds is 4. The van der Waals surface area contributed by atoms with Crippen LogP contribution in [0.4, 0.5) is 5.69 Å². The lowest BCUT2D eigenvalue weighted by Crippen LogP contribution is -2.33. The van der Waals surface area contributed by atoms with Crippen LogP contribution in [0, 0.1) is 0 Å². The Morgan fingerprint density at radius 3 is 2.35 bits per heavy atom. The van der Waals surface area contributed by atoms with E-state index in [2.05, 4.69) is 24.1 Å². The maximum atomic E-state index is 12.0. The van der Waals surface area contributed by atoms with Crippen LogP contribution in [0.25, 0.3) is 0 Å². The minimum Gasteiger partial charge on any atom is -0.382 e. The van der Waals surface area contributed by atoms with E-state index in [0.29, 0.717) is 11.7 Å². The topological polar surface area (TPSA) is 45.2 Å². The zero-order valence-corrected chi connectivity index (χ0v) is 11.2. The van der Waals surface area contributed by atoms with Crippen molar-refractivity contribution in [3.63, 3.8) is 0 Å². The van der Waals surface area contributed by atoms with Crippen LogP contribution in [0.3, 0.4) is 0 Å². The maximum absolute atomic E-state index is 12.0. The first-order valence-electron chi connectivity index (χ1n) is 5.91. The van der Waals surface area contributed by atoms with Crippen molar-refractivity contribution in [1.29, 1.82) is 0 Å². The summed E-state index contributed by atoms with van der Waals surface area (Å²) in [5.74, 6) is -0.0453. The lowest BCUT2D eigenvalue weighted by atomic mass is 10.2. The number of amides is 1. The number of nitrogens with one attached hydrogen (secondary N) is 1. The first-order valence-corrected chi connectivity index (χ1v) is 5.91. The van der Waals surface area contributed by atoms with E-state index in [1.165, 1.54) is 0 Å². The second-order valence-electron chi connectivity index (χ2n) is 4.74. The Kier molecular flexibility index (Phi) is 4.49. The van der Waals surface area contributed by atoms with Crippen LogP contribution < -0.4 is 5.32 Å². The molecule has 0 saturated carbocycles. The molecule has 0 bridgehead atoms. The highest BCUT2D eigenvalue weighted by Crippen LogP contribution is 2.10. The lowest BCUT2D eigenvalue weighted by molar-refractivity contribution is 0.0749. The summed E-state index contributed by atoms with van der Waals surface area (Å²) in [4.78, 5) is 17.8. The summed E-state index contributed by atoms with van der Waals surface area (Å²) in [6, 6.07) is 4.18. The Labute approximate surface area is 103 Å². The summed E-state index contributed by atoms with van der Waals surface area (Å²) in [6.45, 7) is 8.08. The minimum absolute atomic E-state index is 0.0453. The van der Waals surface area contributed by atoms with Gasteiger partial charge in [0.25, 0.3) is 5.91 Å². The predicted molar refractivity (Wildman–Crippen MR) is 70.2 cm³/mol. The van der Waals surface area contributed by atoms with Crippen molar-refractivity contribution in [2.45, 2.75) is 39.8 Å². The third kappa shape index (κ3) is 3.73. The number of hydrogen-bond acceptors (Lipinski definition) is 3. The molecule has 0 radical (unpaired) electrons. The van der Waals surface area contributed by atoms with Gasteiger partial charge in [0.05, 0.1) is 11.9 Å². The molecule has 0 aromatic carbocycles. The van der Waals surface area contributed by atoms with E-state index in [1.807, 2.05) is 19.9 Å². The van der Waals surface area contributed by atoms with Crippen molar-refractivity contribution in [1.82, 2.24) is 9.88 Å². The molecule has 0 spiro atoms. The van der Waals surface area contributed by atoms with Gasteiger partial charge in [0, 0.05) is 19.1 Å². The van der Waals surface area contributed by atoms with Crippen LogP contribution in [0.2, 0.25) is 0 Å². The zero-order chi connectivity index (χ0) is 13.0. The van der Waals surface area contributed by atoms with Crippen LogP contribution in [-0.4, -0.2) is 34.9 Å². The molecule has 1 heterocycles. The first kappa shape index (κ1) is 13.5. The van der Waals surface area contributed by atoms with Crippen molar-refractivity contribution in [2.75, 3.05) is 12.4 Å². The summed E-state index contributed by atoms with van der Waals surface area (Å²) < 4.78 is 0. The summed E-state index contributed by atoms with van der Waals surface area (Å²) >= 11 is 0. The number of carbonyl (C=O) groups excluding carboxylic acids is 1. The van der Waals surface area contributed by atoms with Crippen molar-refractivity contribution in [3.05, 3.63) is 24.0 Å². The molecule has 0 unspecified atom stereocenters. The fourth-order valence-corrected chi connectivity index (χ4v) is 1.35. The highest BCUT2D eigenvalue weighted by atomic mass is 16.2. The Morgan fingerprint density at radius 1 is 1.29 bits per heavy atom. The molecule has 0 aliphatic carbocycles. The van der Waals surface area contributed by atoms with Crippen LogP contribution >= 0.6 is 0 Å². The van der Waals surface area contributed by atoms with Crippen LogP contribution in [0.5, 0.6) is 0 Å². The van der Waals surface area contributed by atoms with E-state index < -0.39 is 0 Å². The van der Waals surface area contributed by atoms with E-state index >= 15 is 0 Å². The molecule has 0 aliphatic rings. The molecule has 1 aromatic heterocycles. The fourth-order valence-electron chi connectivity index (χ4n) is 1.35. The van der Waals surface area contributed by atoms with Gasteiger partial charge in [-0.15, -0.1) is 0 Å². The average Bonchev–Trinajstić information content (AvgIpc) is 2.27. The van der Waals surface area contributed by atoms with Crippen molar-refractivity contribution in [3.8, 4) is 0 Å². The average molecular weight is 235 g/mol. The fraction of sp³-hybridized carbons (Fsp3) is 0.538. The van der Waals surface area contributed by atoms with Gasteiger partial charge in [-0.3, -0.25) is 4.79 Å². The predicted octanol–water partition coefficient (Wildman–Crippen LogP) is 2.38. The summed E-state index contributed by atoms with van der Waals surface area (Å²) in [5, 5.41) is 3.24. The highest BCUT2D eigenvalue weighted by molar-refractivity contribution is 5.92. The van der Waals surface area contributed by atoms with Gasteiger partial charge in [-0.2, -0.15) is 0 Å². The molecule has 4 nitrogen and oxygen atoms in total. The molecule has 0 aliphatic heterocycles. The quantitative estimate of drug-likeness (QED) is 0.871. The molecule has 94 valence electrons. The number of nitrogens with zero attached hydrogens (tertiary/aromatic N) is 2. The van der Waals surface area contributed by atoms with E-state index in [1.54, 1.807) is 24.2 Å². The Morgan fingerprint density at radius 2 is 1.94 bits per heavy atom. The van der Waals surface area contributed by atoms with E-state index in [-0.39, 0.29) is 11.9 Å². The third-order valence-electron chi connectivity index (χ3n) is 2.53. The molecule has 4 heteroatoms. The van der Waals surface area contributed by atoms with Gasteiger partial charge < -0.3 is 10.2 Å². The SMILES string of the molecule is CC(C)Nc1ccc(C(=O)N(C)C(C)C)nc1. The maximum Gasteiger partial charge on any atom is 0.272 e. The van der Waals surface area contributed by atoms with Gasteiger partial charge in [-0.05, 0) is 39.8 Å². The Balaban J connectivity index is 2.77. The molecular formula is C13H21N3O. The van der Waals surface area contributed by atoms with Gasteiger partial charge in [-0.25, -0.2) is 4.98 Å². The molecule has 0 fully saturated rings. The van der Waals surface area contributed by atoms with Gasteiger partial charge in [0.1, 0.15) is 5.69 Å². The van der Waals surface area contributed by atoms with Gasteiger partial charge in [0.2, 0.25) is 0 Å². The second kappa shape index (κ2) is 5.66. The van der Waals surface area contributed by atoms with Crippen molar-refractivity contribution >= 4 is 11.6 Å². The molecular weight excluding hydrogens is 214 g/mol. The minimum atomic E-state index is -0.0453. The smallest absolute Gasteiger partial charge is 0.272 e. The largest absolute Gasteiger partial charge is 0.382 e. The molecule has 0 saturated heterocycles. The van der Waals surface area contributed by atoms with Crippen LogP contribution in [-0.2, 0) is 0 Å². The molecule has 17 heavy (non-hydrogen) atoms. The van der Waals surface area contributed by atoms with E-state index in [0.717, 1.165) is 5.69 Å². The first-order chi connectivity index (χ1) is 7.91. The van der Waals surface area contributed by atoms with Gasteiger partial charge >= 0.3 is 0 Å². The summed E-state index contributed by atoms with van der Waals surface area (Å²) in [6.07, 6.45) is 1.70. The third-order valence-corrected chi connectivity index (χ3v) is 2.53.